The van der Waals surface area contributed by atoms with Gasteiger partial charge in [-0.15, -0.1) is 0 Å². The van der Waals surface area contributed by atoms with Gasteiger partial charge in [0.05, 0.1) is 6.10 Å². The second-order valence-corrected chi connectivity index (χ2v) is 5.43. The lowest BCUT2D eigenvalue weighted by molar-refractivity contribution is 0.299. The molecule has 1 aromatic carbocycles. The molecule has 92 valence electrons. The number of halogens is 1. The first-order chi connectivity index (χ1) is 8.15. The molecule has 0 amide bonds. The molecule has 17 heavy (non-hydrogen) atoms. The van der Waals surface area contributed by atoms with E-state index in [4.69, 9.17) is 10.5 Å². The van der Waals surface area contributed by atoms with Gasteiger partial charge in [-0.25, -0.2) is 4.39 Å². The second-order valence-electron chi connectivity index (χ2n) is 5.43. The van der Waals surface area contributed by atoms with Crippen LogP contribution in [0.3, 0.4) is 0 Å². The first-order valence-electron chi connectivity index (χ1n) is 6.39. The summed E-state index contributed by atoms with van der Waals surface area (Å²) in [5, 5.41) is 0. The summed E-state index contributed by atoms with van der Waals surface area (Å²) in [6.07, 6.45) is 6.54. The highest BCUT2D eigenvalue weighted by molar-refractivity contribution is 5.35. The molecule has 0 spiro atoms. The van der Waals surface area contributed by atoms with Gasteiger partial charge in [0.25, 0.3) is 0 Å². The van der Waals surface area contributed by atoms with Gasteiger partial charge in [-0.2, -0.15) is 0 Å². The zero-order chi connectivity index (χ0) is 11.9. The lowest BCUT2D eigenvalue weighted by atomic mass is 10.0. The van der Waals surface area contributed by atoms with Crippen molar-refractivity contribution in [1.29, 1.82) is 0 Å². The van der Waals surface area contributed by atoms with Crippen LogP contribution in [0.1, 0.15) is 37.7 Å². The van der Waals surface area contributed by atoms with Crippen molar-refractivity contribution in [3.05, 3.63) is 29.6 Å². The van der Waals surface area contributed by atoms with Crippen molar-refractivity contribution in [2.45, 2.75) is 50.2 Å². The first-order valence-corrected chi connectivity index (χ1v) is 6.39. The Kier molecular flexibility index (Phi) is 2.58. The average molecular weight is 235 g/mol. The molecule has 0 unspecified atom stereocenters. The highest BCUT2D eigenvalue weighted by atomic mass is 19.1. The van der Waals surface area contributed by atoms with Crippen LogP contribution < -0.4 is 10.5 Å². The SMILES string of the molecule is NC1(CCc2cc(F)ccc2OC2CC2)CC1. The van der Waals surface area contributed by atoms with E-state index in [1.54, 1.807) is 12.1 Å². The Morgan fingerprint density at radius 3 is 2.76 bits per heavy atom. The highest BCUT2D eigenvalue weighted by Gasteiger charge is 2.37. The van der Waals surface area contributed by atoms with Crippen molar-refractivity contribution < 1.29 is 9.13 Å². The van der Waals surface area contributed by atoms with Gasteiger partial charge in [-0.05, 0) is 62.3 Å². The van der Waals surface area contributed by atoms with E-state index in [1.165, 1.54) is 6.07 Å². The van der Waals surface area contributed by atoms with E-state index < -0.39 is 0 Å². The Morgan fingerprint density at radius 2 is 2.12 bits per heavy atom. The Labute approximate surface area is 101 Å². The standard InChI is InChI=1S/C14H18FNO/c15-11-1-4-13(17-12-2-3-12)10(9-11)5-6-14(16)7-8-14/h1,4,9,12H,2-3,5-8,16H2. The van der Waals surface area contributed by atoms with E-state index in [2.05, 4.69) is 0 Å². The van der Waals surface area contributed by atoms with Gasteiger partial charge in [0.15, 0.2) is 0 Å². The molecular formula is C14H18FNO. The topological polar surface area (TPSA) is 35.2 Å². The number of nitrogens with two attached hydrogens (primary N) is 1. The smallest absolute Gasteiger partial charge is 0.123 e. The van der Waals surface area contributed by atoms with Crippen LogP contribution in [0.15, 0.2) is 18.2 Å². The molecule has 2 saturated carbocycles. The van der Waals surface area contributed by atoms with Gasteiger partial charge < -0.3 is 10.5 Å². The maximum Gasteiger partial charge on any atom is 0.123 e. The number of rotatable bonds is 5. The number of aryl methyl sites for hydroxylation is 1. The minimum Gasteiger partial charge on any atom is -0.490 e. The van der Waals surface area contributed by atoms with E-state index in [0.29, 0.717) is 6.10 Å². The maximum atomic E-state index is 13.2. The summed E-state index contributed by atoms with van der Waals surface area (Å²) in [4.78, 5) is 0. The molecule has 0 bridgehead atoms. The second kappa shape index (κ2) is 3.98. The quantitative estimate of drug-likeness (QED) is 0.851. The van der Waals surface area contributed by atoms with Crippen molar-refractivity contribution in [1.82, 2.24) is 0 Å². The zero-order valence-corrected chi connectivity index (χ0v) is 9.92. The van der Waals surface area contributed by atoms with Crippen LogP contribution in [0.25, 0.3) is 0 Å². The first kappa shape index (κ1) is 11.0. The average Bonchev–Trinajstić information content (AvgIpc) is 3.19. The third kappa shape index (κ3) is 2.78. The monoisotopic (exact) mass is 235 g/mol. The number of hydrogen-bond acceptors (Lipinski definition) is 2. The number of benzene rings is 1. The summed E-state index contributed by atoms with van der Waals surface area (Å²) >= 11 is 0. The number of hydrogen-bond donors (Lipinski definition) is 1. The predicted octanol–water partition coefficient (Wildman–Crippen LogP) is 2.79. The van der Waals surface area contributed by atoms with Gasteiger partial charge in [0.2, 0.25) is 0 Å². The van der Waals surface area contributed by atoms with Crippen LogP contribution in [-0.4, -0.2) is 11.6 Å². The Bertz CT molecular complexity index is 424. The Balaban J connectivity index is 1.71. The molecule has 0 radical (unpaired) electrons. The van der Waals surface area contributed by atoms with E-state index >= 15 is 0 Å². The minimum atomic E-state index is -0.190. The molecule has 3 heteroatoms. The molecule has 2 fully saturated rings. The van der Waals surface area contributed by atoms with E-state index in [0.717, 1.165) is 49.8 Å². The van der Waals surface area contributed by atoms with Gasteiger partial charge in [0, 0.05) is 5.54 Å². The lowest BCUT2D eigenvalue weighted by Crippen LogP contribution is -2.22. The molecule has 0 aromatic heterocycles. The molecule has 0 atom stereocenters. The van der Waals surface area contributed by atoms with Crippen molar-refractivity contribution in [2.75, 3.05) is 0 Å². The summed E-state index contributed by atoms with van der Waals surface area (Å²) in [5.41, 5.74) is 7.04. The van der Waals surface area contributed by atoms with E-state index in [9.17, 15) is 4.39 Å². The molecule has 2 aliphatic rings. The fraction of sp³-hybridized carbons (Fsp3) is 0.571. The predicted molar refractivity (Wildman–Crippen MR) is 64.5 cm³/mol. The van der Waals surface area contributed by atoms with Gasteiger partial charge in [-0.3, -0.25) is 0 Å². The van der Waals surface area contributed by atoms with Crippen molar-refractivity contribution in [3.63, 3.8) is 0 Å². The largest absolute Gasteiger partial charge is 0.490 e. The molecule has 2 nitrogen and oxygen atoms in total. The normalized spacial score (nSPS) is 21.3. The summed E-state index contributed by atoms with van der Waals surface area (Å²) in [6.45, 7) is 0. The van der Waals surface area contributed by atoms with Crippen LogP contribution in [-0.2, 0) is 6.42 Å². The lowest BCUT2D eigenvalue weighted by Gasteiger charge is -2.13. The molecule has 0 aliphatic heterocycles. The van der Waals surface area contributed by atoms with Crippen LogP contribution >= 0.6 is 0 Å². The fourth-order valence-corrected chi connectivity index (χ4v) is 2.02. The summed E-state index contributed by atoms with van der Waals surface area (Å²) in [5.74, 6) is 0.656. The van der Waals surface area contributed by atoms with Crippen LogP contribution in [0.2, 0.25) is 0 Å². The molecule has 2 aliphatic carbocycles. The molecule has 1 aromatic rings. The van der Waals surface area contributed by atoms with Crippen LogP contribution in [0, 0.1) is 5.82 Å². The van der Waals surface area contributed by atoms with Crippen molar-refractivity contribution in [3.8, 4) is 5.75 Å². The maximum absolute atomic E-state index is 13.2. The Hall–Kier alpha value is -1.09. The fourth-order valence-electron chi connectivity index (χ4n) is 2.02. The minimum absolute atomic E-state index is 0.0170. The molecule has 2 N–H and O–H groups in total. The van der Waals surface area contributed by atoms with Gasteiger partial charge >= 0.3 is 0 Å². The number of ether oxygens (including phenoxy) is 1. The van der Waals surface area contributed by atoms with Crippen molar-refractivity contribution in [2.24, 2.45) is 5.73 Å². The molecule has 3 rings (SSSR count). The van der Waals surface area contributed by atoms with Crippen LogP contribution in [0.5, 0.6) is 5.75 Å². The van der Waals surface area contributed by atoms with E-state index in [1.807, 2.05) is 0 Å². The highest BCUT2D eigenvalue weighted by Crippen LogP contribution is 2.38. The van der Waals surface area contributed by atoms with Gasteiger partial charge in [-0.1, -0.05) is 0 Å². The van der Waals surface area contributed by atoms with Crippen LogP contribution in [0.4, 0.5) is 4.39 Å². The third-order valence-corrected chi connectivity index (χ3v) is 3.63. The summed E-state index contributed by atoms with van der Waals surface area (Å²) in [7, 11) is 0. The molecule has 0 heterocycles. The van der Waals surface area contributed by atoms with Gasteiger partial charge in [0.1, 0.15) is 11.6 Å². The Morgan fingerprint density at radius 1 is 1.35 bits per heavy atom. The molecule has 0 saturated heterocycles. The summed E-state index contributed by atoms with van der Waals surface area (Å²) < 4.78 is 19.0. The third-order valence-electron chi connectivity index (χ3n) is 3.63. The van der Waals surface area contributed by atoms with Crippen molar-refractivity contribution >= 4 is 0 Å². The zero-order valence-electron chi connectivity index (χ0n) is 9.92. The molecular weight excluding hydrogens is 217 g/mol. The van der Waals surface area contributed by atoms with E-state index in [-0.39, 0.29) is 11.4 Å². The summed E-state index contributed by atoms with van der Waals surface area (Å²) in [6, 6.07) is 4.80.